The molecular formula is C11H11NO2S2. The topological polar surface area (TPSA) is 50.2 Å². The molecule has 2 heterocycles. The lowest BCUT2D eigenvalue weighted by molar-refractivity contribution is 0.0692. The van der Waals surface area contributed by atoms with Gasteiger partial charge in [-0.15, -0.1) is 11.3 Å². The van der Waals surface area contributed by atoms with Gasteiger partial charge in [0, 0.05) is 5.56 Å². The molecule has 0 fully saturated rings. The zero-order valence-electron chi connectivity index (χ0n) is 8.77. The van der Waals surface area contributed by atoms with E-state index in [4.69, 9.17) is 5.11 Å². The van der Waals surface area contributed by atoms with Crippen molar-refractivity contribution in [1.29, 1.82) is 0 Å². The maximum atomic E-state index is 11.1. The predicted molar refractivity (Wildman–Crippen MR) is 66.4 cm³/mol. The Hall–Kier alpha value is -1.20. The lowest BCUT2D eigenvalue weighted by atomic mass is 10.2. The van der Waals surface area contributed by atoms with E-state index in [1.165, 1.54) is 11.3 Å². The van der Waals surface area contributed by atoms with Crippen molar-refractivity contribution in [3.63, 3.8) is 0 Å². The van der Waals surface area contributed by atoms with E-state index >= 15 is 0 Å². The van der Waals surface area contributed by atoms with Crippen LogP contribution in [-0.4, -0.2) is 16.1 Å². The molecular weight excluding hydrogens is 242 g/mol. The van der Waals surface area contributed by atoms with Crippen LogP contribution in [0.2, 0.25) is 0 Å². The number of aromatic carboxylic acids is 1. The van der Waals surface area contributed by atoms with Gasteiger partial charge in [-0.25, -0.2) is 9.78 Å². The van der Waals surface area contributed by atoms with E-state index < -0.39 is 5.97 Å². The van der Waals surface area contributed by atoms with Gasteiger partial charge in [0.1, 0.15) is 0 Å². The molecule has 84 valence electrons. The van der Waals surface area contributed by atoms with E-state index in [1.807, 2.05) is 16.8 Å². The normalized spacial score (nSPS) is 10.6. The van der Waals surface area contributed by atoms with E-state index in [0.717, 1.165) is 28.3 Å². The van der Waals surface area contributed by atoms with Gasteiger partial charge in [0.05, 0.1) is 9.88 Å². The smallest absolute Gasteiger partial charge is 0.356 e. The number of carboxylic acid groups (broad SMARTS) is 1. The quantitative estimate of drug-likeness (QED) is 0.907. The van der Waals surface area contributed by atoms with Crippen LogP contribution in [0.1, 0.15) is 28.8 Å². The van der Waals surface area contributed by atoms with Gasteiger partial charge in [-0.2, -0.15) is 11.3 Å². The summed E-state index contributed by atoms with van der Waals surface area (Å²) in [6.07, 6.45) is 1.82. The summed E-state index contributed by atoms with van der Waals surface area (Å²) in [6.45, 7) is 2.06. The first kappa shape index (κ1) is 11.3. The molecule has 2 aromatic rings. The average Bonchev–Trinajstić information content (AvgIpc) is 2.83. The molecule has 0 saturated carbocycles. The fourth-order valence-electron chi connectivity index (χ4n) is 1.42. The van der Waals surface area contributed by atoms with Crippen LogP contribution in [0.5, 0.6) is 0 Å². The Kier molecular flexibility index (Phi) is 3.36. The van der Waals surface area contributed by atoms with Crippen molar-refractivity contribution >= 4 is 28.6 Å². The number of aryl methyl sites for hydroxylation is 1. The summed E-state index contributed by atoms with van der Waals surface area (Å²) in [6, 6.07) is 1.93. The molecule has 2 aromatic heterocycles. The minimum Gasteiger partial charge on any atom is -0.476 e. The second kappa shape index (κ2) is 4.76. The Bertz CT molecular complexity index is 488. The number of carboxylic acids is 1. The SMILES string of the molecule is CCCc1nc(C(=O)O)c(-c2ccsc2)s1. The fraction of sp³-hybridized carbons (Fsp3) is 0.273. The Morgan fingerprint density at radius 2 is 2.38 bits per heavy atom. The summed E-state index contributed by atoms with van der Waals surface area (Å²) < 4.78 is 0. The molecule has 0 amide bonds. The number of thiazole rings is 1. The maximum Gasteiger partial charge on any atom is 0.356 e. The van der Waals surface area contributed by atoms with Crippen molar-refractivity contribution in [2.45, 2.75) is 19.8 Å². The molecule has 16 heavy (non-hydrogen) atoms. The third-order valence-electron chi connectivity index (χ3n) is 2.12. The molecule has 0 aromatic carbocycles. The molecule has 0 atom stereocenters. The highest BCUT2D eigenvalue weighted by Gasteiger charge is 2.18. The first-order valence-electron chi connectivity index (χ1n) is 4.98. The van der Waals surface area contributed by atoms with Crippen molar-refractivity contribution in [3.8, 4) is 10.4 Å². The standard InChI is InChI=1S/C11H11NO2S2/c1-2-3-8-12-9(11(13)14)10(16-8)7-4-5-15-6-7/h4-6H,2-3H2,1H3,(H,13,14). The van der Waals surface area contributed by atoms with Crippen LogP contribution in [0.3, 0.4) is 0 Å². The second-order valence-corrected chi connectivity index (χ2v) is 5.22. The molecule has 0 bridgehead atoms. The molecule has 0 aliphatic rings. The lowest BCUT2D eigenvalue weighted by Crippen LogP contribution is -1.98. The molecule has 2 rings (SSSR count). The Morgan fingerprint density at radius 3 is 2.94 bits per heavy atom. The summed E-state index contributed by atoms with van der Waals surface area (Å²) in [5, 5.41) is 13.9. The van der Waals surface area contributed by atoms with Gasteiger partial charge in [0.2, 0.25) is 0 Å². The van der Waals surface area contributed by atoms with Gasteiger partial charge in [0.25, 0.3) is 0 Å². The number of hydrogen-bond acceptors (Lipinski definition) is 4. The van der Waals surface area contributed by atoms with Crippen molar-refractivity contribution in [2.75, 3.05) is 0 Å². The fourth-order valence-corrected chi connectivity index (χ4v) is 3.29. The first-order chi connectivity index (χ1) is 7.72. The zero-order valence-corrected chi connectivity index (χ0v) is 10.4. The third kappa shape index (κ3) is 2.15. The Balaban J connectivity index is 2.46. The van der Waals surface area contributed by atoms with E-state index in [0.29, 0.717) is 0 Å². The van der Waals surface area contributed by atoms with Crippen LogP contribution < -0.4 is 0 Å². The highest BCUT2D eigenvalue weighted by Crippen LogP contribution is 2.32. The van der Waals surface area contributed by atoms with E-state index in [1.54, 1.807) is 11.3 Å². The molecule has 5 heteroatoms. The summed E-state index contributed by atoms with van der Waals surface area (Å²) in [7, 11) is 0. The van der Waals surface area contributed by atoms with Crippen molar-refractivity contribution in [1.82, 2.24) is 4.98 Å². The van der Waals surface area contributed by atoms with Gasteiger partial charge in [0.15, 0.2) is 5.69 Å². The molecule has 0 saturated heterocycles. The zero-order chi connectivity index (χ0) is 11.5. The number of rotatable bonds is 4. The minimum absolute atomic E-state index is 0.187. The number of carbonyl (C=O) groups is 1. The van der Waals surface area contributed by atoms with Crippen LogP contribution in [0.25, 0.3) is 10.4 Å². The number of hydrogen-bond donors (Lipinski definition) is 1. The van der Waals surface area contributed by atoms with Crippen molar-refractivity contribution in [2.24, 2.45) is 0 Å². The molecule has 0 aliphatic heterocycles. The molecule has 1 N–H and O–H groups in total. The van der Waals surface area contributed by atoms with Crippen LogP contribution >= 0.6 is 22.7 Å². The van der Waals surface area contributed by atoms with Crippen molar-refractivity contribution < 1.29 is 9.90 Å². The molecule has 0 aliphatic carbocycles. The van der Waals surface area contributed by atoms with E-state index in [9.17, 15) is 4.79 Å². The molecule has 0 radical (unpaired) electrons. The van der Waals surface area contributed by atoms with Crippen LogP contribution in [0.15, 0.2) is 16.8 Å². The monoisotopic (exact) mass is 253 g/mol. The Labute approximate surface area is 101 Å². The lowest BCUT2D eigenvalue weighted by Gasteiger charge is -1.92. The number of thiophene rings is 1. The van der Waals surface area contributed by atoms with Crippen molar-refractivity contribution in [3.05, 3.63) is 27.5 Å². The van der Waals surface area contributed by atoms with Gasteiger partial charge in [-0.3, -0.25) is 0 Å². The first-order valence-corrected chi connectivity index (χ1v) is 6.74. The second-order valence-electron chi connectivity index (χ2n) is 3.35. The van der Waals surface area contributed by atoms with Crippen LogP contribution in [0.4, 0.5) is 0 Å². The third-order valence-corrected chi connectivity index (χ3v) is 3.97. The molecule has 3 nitrogen and oxygen atoms in total. The number of nitrogens with zero attached hydrogens (tertiary/aromatic N) is 1. The van der Waals surface area contributed by atoms with Crippen LogP contribution in [-0.2, 0) is 6.42 Å². The van der Waals surface area contributed by atoms with Gasteiger partial charge < -0.3 is 5.11 Å². The van der Waals surface area contributed by atoms with E-state index in [2.05, 4.69) is 11.9 Å². The molecule has 0 spiro atoms. The highest BCUT2D eigenvalue weighted by molar-refractivity contribution is 7.16. The van der Waals surface area contributed by atoms with Gasteiger partial charge >= 0.3 is 5.97 Å². The summed E-state index contributed by atoms with van der Waals surface area (Å²) in [4.78, 5) is 16.0. The maximum absolute atomic E-state index is 11.1. The van der Waals surface area contributed by atoms with Gasteiger partial charge in [-0.1, -0.05) is 6.92 Å². The van der Waals surface area contributed by atoms with Crippen LogP contribution in [0, 0.1) is 0 Å². The average molecular weight is 253 g/mol. The summed E-state index contributed by atoms with van der Waals surface area (Å²) in [5.74, 6) is -0.945. The predicted octanol–water partition coefficient (Wildman–Crippen LogP) is 3.52. The summed E-state index contributed by atoms with van der Waals surface area (Å²) >= 11 is 3.05. The summed E-state index contributed by atoms with van der Waals surface area (Å²) in [5.41, 5.74) is 1.15. The number of aromatic nitrogens is 1. The highest BCUT2D eigenvalue weighted by atomic mass is 32.1. The minimum atomic E-state index is -0.945. The largest absolute Gasteiger partial charge is 0.476 e. The molecule has 0 unspecified atom stereocenters. The van der Waals surface area contributed by atoms with Gasteiger partial charge in [-0.05, 0) is 29.7 Å². The van der Waals surface area contributed by atoms with E-state index in [-0.39, 0.29) is 5.69 Å². The Morgan fingerprint density at radius 1 is 1.56 bits per heavy atom.